The van der Waals surface area contributed by atoms with Crippen LogP contribution in [0, 0.1) is 11.3 Å². The molecule has 0 spiro atoms. The van der Waals surface area contributed by atoms with Crippen LogP contribution in [-0.4, -0.2) is 26.3 Å². The average molecular weight is 199 g/mol. The van der Waals surface area contributed by atoms with Gasteiger partial charge in [0.2, 0.25) is 0 Å². The van der Waals surface area contributed by atoms with E-state index >= 15 is 0 Å². The summed E-state index contributed by atoms with van der Waals surface area (Å²) in [6.07, 6.45) is 4.02. The summed E-state index contributed by atoms with van der Waals surface area (Å²) in [7, 11) is 0. The minimum Gasteiger partial charge on any atom is -0.381 e. The minimum atomic E-state index is 0.380. The van der Waals surface area contributed by atoms with Crippen LogP contribution in [0.4, 0.5) is 0 Å². The van der Waals surface area contributed by atoms with Crippen molar-refractivity contribution in [2.45, 2.75) is 40.0 Å². The molecule has 1 saturated carbocycles. The topological polar surface area (TPSA) is 21.3 Å². The van der Waals surface area contributed by atoms with E-state index in [1.165, 1.54) is 19.3 Å². The smallest absolute Gasteiger partial charge is 0.0534 e. The zero-order valence-electron chi connectivity index (χ0n) is 9.94. The van der Waals surface area contributed by atoms with Gasteiger partial charge in [0.05, 0.1) is 6.61 Å². The molecule has 1 rings (SSSR count). The third kappa shape index (κ3) is 3.58. The summed E-state index contributed by atoms with van der Waals surface area (Å²) in [5.41, 5.74) is 0.380. The first-order valence-electron chi connectivity index (χ1n) is 6.01. The van der Waals surface area contributed by atoms with Crippen LogP contribution in [0.25, 0.3) is 0 Å². The van der Waals surface area contributed by atoms with Gasteiger partial charge in [0.1, 0.15) is 0 Å². The van der Waals surface area contributed by atoms with Gasteiger partial charge < -0.3 is 10.1 Å². The minimum absolute atomic E-state index is 0.380. The summed E-state index contributed by atoms with van der Waals surface area (Å²) in [6.45, 7) is 10.7. The van der Waals surface area contributed by atoms with Gasteiger partial charge in [-0.2, -0.15) is 0 Å². The second-order valence-electron chi connectivity index (χ2n) is 4.74. The van der Waals surface area contributed by atoms with Crippen LogP contribution in [0.1, 0.15) is 40.0 Å². The van der Waals surface area contributed by atoms with Gasteiger partial charge in [-0.25, -0.2) is 0 Å². The van der Waals surface area contributed by atoms with Gasteiger partial charge in [-0.1, -0.05) is 13.8 Å². The van der Waals surface area contributed by atoms with Crippen molar-refractivity contribution in [1.82, 2.24) is 5.32 Å². The molecule has 0 saturated heterocycles. The summed E-state index contributed by atoms with van der Waals surface area (Å²) < 4.78 is 5.59. The summed E-state index contributed by atoms with van der Waals surface area (Å²) >= 11 is 0. The molecule has 0 aliphatic heterocycles. The summed E-state index contributed by atoms with van der Waals surface area (Å²) in [5, 5.41) is 3.53. The molecule has 1 aliphatic rings. The van der Waals surface area contributed by atoms with Crippen LogP contribution in [0.15, 0.2) is 0 Å². The molecular formula is C12H25NO. The Morgan fingerprint density at radius 1 is 1.36 bits per heavy atom. The lowest BCUT2D eigenvalue weighted by molar-refractivity contribution is 0.0474. The number of ether oxygens (including phenoxy) is 1. The van der Waals surface area contributed by atoms with Gasteiger partial charge in [0.15, 0.2) is 0 Å². The van der Waals surface area contributed by atoms with E-state index in [1.807, 2.05) is 0 Å². The van der Waals surface area contributed by atoms with E-state index in [0.717, 1.165) is 32.2 Å². The lowest BCUT2D eigenvalue weighted by atomic mass is 9.85. The van der Waals surface area contributed by atoms with E-state index < -0.39 is 0 Å². The fourth-order valence-corrected chi connectivity index (χ4v) is 1.98. The molecule has 0 aromatic rings. The van der Waals surface area contributed by atoms with Crippen LogP contribution < -0.4 is 5.32 Å². The van der Waals surface area contributed by atoms with E-state index in [0.29, 0.717) is 5.41 Å². The predicted octanol–water partition coefficient (Wildman–Crippen LogP) is 2.44. The second-order valence-corrected chi connectivity index (χ2v) is 4.74. The highest BCUT2D eigenvalue weighted by Crippen LogP contribution is 2.45. The first-order chi connectivity index (χ1) is 6.73. The molecule has 84 valence electrons. The van der Waals surface area contributed by atoms with Crippen LogP contribution in [0.2, 0.25) is 0 Å². The highest BCUT2D eigenvalue weighted by molar-refractivity contribution is 4.92. The molecule has 2 heteroatoms. The molecule has 0 aromatic heterocycles. The predicted molar refractivity (Wildman–Crippen MR) is 60.5 cm³/mol. The fraction of sp³-hybridized carbons (Fsp3) is 1.00. The molecule has 0 radical (unpaired) electrons. The van der Waals surface area contributed by atoms with Crippen molar-refractivity contribution in [3.63, 3.8) is 0 Å². The maximum atomic E-state index is 5.59. The van der Waals surface area contributed by atoms with E-state index in [2.05, 4.69) is 26.1 Å². The van der Waals surface area contributed by atoms with Crippen molar-refractivity contribution in [2.24, 2.45) is 11.3 Å². The number of rotatable bonds is 8. The van der Waals surface area contributed by atoms with Crippen molar-refractivity contribution in [2.75, 3.05) is 26.3 Å². The largest absolute Gasteiger partial charge is 0.381 e. The van der Waals surface area contributed by atoms with Crippen molar-refractivity contribution in [1.29, 1.82) is 0 Å². The number of nitrogens with one attached hydrogen (secondary N) is 1. The molecule has 1 N–H and O–H groups in total. The van der Waals surface area contributed by atoms with E-state index in [-0.39, 0.29) is 0 Å². The monoisotopic (exact) mass is 199 g/mol. The third-order valence-electron chi connectivity index (χ3n) is 3.15. The Kier molecular flexibility index (Phi) is 4.90. The Hall–Kier alpha value is -0.0800. The van der Waals surface area contributed by atoms with Gasteiger partial charge in [0.25, 0.3) is 0 Å². The highest BCUT2D eigenvalue weighted by atomic mass is 16.5. The molecule has 1 unspecified atom stereocenters. The normalized spacial score (nSPS) is 20.8. The first kappa shape index (κ1) is 12.0. The summed E-state index contributed by atoms with van der Waals surface area (Å²) in [4.78, 5) is 0. The van der Waals surface area contributed by atoms with Crippen LogP contribution >= 0.6 is 0 Å². The molecule has 0 amide bonds. The zero-order chi connectivity index (χ0) is 10.4. The molecule has 0 aromatic carbocycles. The van der Waals surface area contributed by atoms with Crippen molar-refractivity contribution in [3.05, 3.63) is 0 Å². The molecule has 2 nitrogen and oxygen atoms in total. The summed E-state index contributed by atoms with van der Waals surface area (Å²) in [5.74, 6) is 0.901. The Balaban J connectivity index is 2.28. The molecule has 1 fully saturated rings. The molecule has 1 atom stereocenters. The zero-order valence-corrected chi connectivity index (χ0v) is 9.94. The van der Waals surface area contributed by atoms with Crippen molar-refractivity contribution in [3.8, 4) is 0 Å². The Labute approximate surface area is 88.4 Å². The standard InChI is InChI=1S/C12H25NO/c1-4-8-13-9-12(3,10-14-5-2)11-6-7-11/h11,13H,4-10H2,1-3H3. The van der Waals surface area contributed by atoms with Gasteiger partial charge in [-0.3, -0.25) is 0 Å². The number of hydrogen-bond acceptors (Lipinski definition) is 2. The third-order valence-corrected chi connectivity index (χ3v) is 3.15. The molecule has 1 aliphatic carbocycles. The lowest BCUT2D eigenvalue weighted by Crippen LogP contribution is -2.38. The fourth-order valence-electron chi connectivity index (χ4n) is 1.98. The van der Waals surface area contributed by atoms with E-state index in [4.69, 9.17) is 4.74 Å². The van der Waals surface area contributed by atoms with Crippen molar-refractivity contribution >= 4 is 0 Å². The number of hydrogen-bond donors (Lipinski definition) is 1. The Morgan fingerprint density at radius 3 is 2.57 bits per heavy atom. The maximum Gasteiger partial charge on any atom is 0.0534 e. The quantitative estimate of drug-likeness (QED) is 0.606. The molecule has 0 heterocycles. The SMILES string of the molecule is CCCNCC(C)(COCC)C1CC1. The maximum absolute atomic E-state index is 5.59. The van der Waals surface area contributed by atoms with Gasteiger partial charge >= 0.3 is 0 Å². The van der Waals surface area contributed by atoms with E-state index in [9.17, 15) is 0 Å². The van der Waals surface area contributed by atoms with Crippen LogP contribution in [-0.2, 0) is 4.74 Å². The Bertz CT molecular complexity index is 156. The summed E-state index contributed by atoms with van der Waals surface area (Å²) in [6, 6.07) is 0. The van der Waals surface area contributed by atoms with Crippen molar-refractivity contribution < 1.29 is 4.74 Å². The molecular weight excluding hydrogens is 174 g/mol. The van der Waals surface area contributed by atoms with Crippen LogP contribution in [0.5, 0.6) is 0 Å². The second kappa shape index (κ2) is 5.72. The highest BCUT2D eigenvalue weighted by Gasteiger charge is 2.41. The lowest BCUT2D eigenvalue weighted by Gasteiger charge is -2.29. The Morgan fingerprint density at radius 2 is 2.07 bits per heavy atom. The van der Waals surface area contributed by atoms with Gasteiger partial charge in [0, 0.05) is 18.6 Å². The molecule has 14 heavy (non-hydrogen) atoms. The first-order valence-corrected chi connectivity index (χ1v) is 6.01. The van der Waals surface area contributed by atoms with Crippen LogP contribution in [0.3, 0.4) is 0 Å². The average Bonchev–Trinajstić information content (AvgIpc) is 2.98. The molecule has 0 bridgehead atoms. The van der Waals surface area contributed by atoms with Gasteiger partial charge in [-0.15, -0.1) is 0 Å². The van der Waals surface area contributed by atoms with E-state index in [1.54, 1.807) is 0 Å². The van der Waals surface area contributed by atoms with Gasteiger partial charge in [-0.05, 0) is 38.6 Å².